The lowest BCUT2D eigenvalue weighted by atomic mass is 9.99. The van der Waals surface area contributed by atoms with Crippen LogP contribution in [-0.4, -0.2) is 28.6 Å². The van der Waals surface area contributed by atoms with E-state index in [1.807, 2.05) is 29.2 Å². The first-order chi connectivity index (χ1) is 13.7. The molecule has 0 spiro atoms. The Morgan fingerprint density at radius 3 is 2.89 bits per heavy atom. The number of hydrogen-bond donors (Lipinski definition) is 0. The Morgan fingerprint density at radius 2 is 2.00 bits per heavy atom. The zero-order chi connectivity index (χ0) is 19.1. The van der Waals surface area contributed by atoms with Crippen molar-refractivity contribution in [2.45, 2.75) is 38.8 Å². The van der Waals surface area contributed by atoms with Gasteiger partial charge in [0.15, 0.2) is 5.76 Å². The van der Waals surface area contributed by atoms with Crippen molar-refractivity contribution in [3.63, 3.8) is 0 Å². The van der Waals surface area contributed by atoms with Crippen LogP contribution in [0.1, 0.15) is 29.3 Å². The quantitative estimate of drug-likeness (QED) is 0.700. The average molecular weight is 374 g/mol. The SMILES string of the molecule is CC1Cc2cc(-c3cc(CC(=O)N4CCc5ccccc5C4)no3)ccc2O1. The molecule has 3 heterocycles. The molecule has 5 nitrogen and oxygen atoms in total. The molecule has 0 bridgehead atoms. The highest BCUT2D eigenvalue weighted by Gasteiger charge is 2.23. The first-order valence-electron chi connectivity index (χ1n) is 9.76. The maximum absolute atomic E-state index is 12.7. The lowest BCUT2D eigenvalue weighted by Gasteiger charge is -2.28. The second-order valence-corrected chi connectivity index (χ2v) is 7.65. The fourth-order valence-electron chi connectivity index (χ4n) is 4.08. The highest BCUT2D eigenvalue weighted by molar-refractivity contribution is 5.79. The molecule has 5 rings (SSSR count). The average Bonchev–Trinajstić information content (AvgIpc) is 3.32. The summed E-state index contributed by atoms with van der Waals surface area (Å²) in [5.41, 5.74) is 5.40. The molecule has 1 aromatic heterocycles. The van der Waals surface area contributed by atoms with Crippen LogP contribution in [0.15, 0.2) is 53.1 Å². The molecule has 0 saturated carbocycles. The fraction of sp³-hybridized carbons (Fsp3) is 0.304. The third-order valence-corrected chi connectivity index (χ3v) is 5.56. The van der Waals surface area contributed by atoms with E-state index in [1.165, 1.54) is 16.7 Å². The minimum absolute atomic E-state index is 0.0885. The topological polar surface area (TPSA) is 55.6 Å². The van der Waals surface area contributed by atoms with Crippen molar-refractivity contribution >= 4 is 5.91 Å². The van der Waals surface area contributed by atoms with Crippen LogP contribution in [0.5, 0.6) is 5.75 Å². The van der Waals surface area contributed by atoms with Gasteiger partial charge in [-0.15, -0.1) is 0 Å². The summed E-state index contributed by atoms with van der Waals surface area (Å²) < 4.78 is 11.3. The molecule has 0 aliphatic carbocycles. The van der Waals surface area contributed by atoms with Crippen LogP contribution in [0.25, 0.3) is 11.3 Å². The van der Waals surface area contributed by atoms with Gasteiger partial charge in [0.05, 0.1) is 12.1 Å². The predicted molar refractivity (Wildman–Crippen MR) is 105 cm³/mol. The Morgan fingerprint density at radius 1 is 1.14 bits per heavy atom. The second kappa shape index (κ2) is 6.82. The predicted octanol–water partition coefficient (Wildman–Crippen LogP) is 3.79. The molecule has 2 aliphatic heterocycles. The van der Waals surface area contributed by atoms with Gasteiger partial charge >= 0.3 is 0 Å². The Labute approximate surface area is 163 Å². The van der Waals surface area contributed by atoms with E-state index in [0.29, 0.717) is 18.0 Å². The monoisotopic (exact) mass is 374 g/mol. The highest BCUT2D eigenvalue weighted by Crippen LogP contribution is 2.33. The normalized spacial score (nSPS) is 17.8. The maximum Gasteiger partial charge on any atom is 0.229 e. The molecule has 0 fully saturated rings. The van der Waals surface area contributed by atoms with E-state index in [2.05, 4.69) is 36.3 Å². The zero-order valence-corrected chi connectivity index (χ0v) is 15.9. The Balaban J connectivity index is 1.28. The van der Waals surface area contributed by atoms with Crippen LogP contribution in [0.2, 0.25) is 0 Å². The maximum atomic E-state index is 12.7. The van der Waals surface area contributed by atoms with E-state index < -0.39 is 0 Å². The van der Waals surface area contributed by atoms with Gasteiger partial charge in [0.25, 0.3) is 0 Å². The molecule has 0 radical (unpaired) electrons. The molecular weight excluding hydrogens is 352 g/mol. The largest absolute Gasteiger partial charge is 0.490 e. The summed E-state index contributed by atoms with van der Waals surface area (Å²) in [6, 6.07) is 16.2. The van der Waals surface area contributed by atoms with Crippen LogP contribution >= 0.6 is 0 Å². The van der Waals surface area contributed by atoms with E-state index >= 15 is 0 Å². The Hall–Kier alpha value is -3.08. The molecule has 3 aromatic rings. The number of rotatable bonds is 3. The van der Waals surface area contributed by atoms with Crippen molar-refractivity contribution in [1.29, 1.82) is 0 Å². The molecule has 28 heavy (non-hydrogen) atoms. The summed E-state index contributed by atoms with van der Waals surface area (Å²) in [5.74, 6) is 1.72. The summed E-state index contributed by atoms with van der Waals surface area (Å²) in [7, 11) is 0. The number of amides is 1. The molecule has 0 N–H and O–H groups in total. The number of benzene rings is 2. The van der Waals surface area contributed by atoms with Gasteiger partial charge in [-0.3, -0.25) is 4.79 Å². The number of fused-ring (bicyclic) bond motifs is 2. The smallest absolute Gasteiger partial charge is 0.229 e. The minimum atomic E-state index is 0.0885. The lowest BCUT2D eigenvalue weighted by Crippen LogP contribution is -2.36. The summed E-state index contributed by atoms with van der Waals surface area (Å²) >= 11 is 0. The first-order valence-corrected chi connectivity index (χ1v) is 9.76. The first kappa shape index (κ1) is 17.0. The minimum Gasteiger partial charge on any atom is -0.490 e. The number of ether oxygens (including phenoxy) is 1. The number of hydrogen-bond acceptors (Lipinski definition) is 4. The zero-order valence-electron chi connectivity index (χ0n) is 15.9. The highest BCUT2D eigenvalue weighted by atomic mass is 16.5. The van der Waals surface area contributed by atoms with Gasteiger partial charge < -0.3 is 14.2 Å². The van der Waals surface area contributed by atoms with Crippen LogP contribution in [0.4, 0.5) is 0 Å². The van der Waals surface area contributed by atoms with Gasteiger partial charge in [-0.1, -0.05) is 29.4 Å². The molecule has 1 atom stereocenters. The van der Waals surface area contributed by atoms with Crippen molar-refractivity contribution in [2.75, 3.05) is 6.54 Å². The van der Waals surface area contributed by atoms with Gasteiger partial charge in [-0.05, 0) is 48.2 Å². The van der Waals surface area contributed by atoms with Gasteiger partial charge in [0.2, 0.25) is 5.91 Å². The van der Waals surface area contributed by atoms with Gasteiger partial charge in [-0.25, -0.2) is 0 Å². The third kappa shape index (κ3) is 3.17. The van der Waals surface area contributed by atoms with Gasteiger partial charge in [0.1, 0.15) is 11.9 Å². The number of nitrogens with zero attached hydrogens (tertiary/aromatic N) is 2. The standard InChI is InChI=1S/C23H22N2O3/c1-15-10-19-11-17(6-7-21(19)27-15)22-12-20(24-28-22)13-23(26)25-9-8-16-4-2-3-5-18(16)14-25/h2-7,11-12,15H,8-10,13-14H2,1H3. The van der Waals surface area contributed by atoms with Crippen LogP contribution in [-0.2, 0) is 30.6 Å². The van der Waals surface area contributed by atoms with Crippen molar-refractivity contribution in [2.24, 2.45) is 0 Å². The van der Waals surface area contributed by atoms with Crippen molar-refractivity contribution in [1.82, 2.24) is 10.1 Å². The molecule has 2 aliphatic rings. The summed E-state index contributed by atoms with van der Waals surface area (Å²) in [6.45, 7) is 3.49. The number of carbonyl (C=O) groups excluding carboxylic acids is 1. The summed E-state index contributed by atoms with van der Waals surface area (Å²) in [4.78, 5) is 14.6. The fourth-order valence-corrected chi connectivity index (χ4v) is 4.08. The summed E-state index contributed by atoms with van der Waals surface area (Å²) in [5, 5.41) is 4.13. The van der Waals surface area contributed by atoms with Crippen molar-refractivity contribution < 1.29 is 14.1 Å². The lowest BCUT2D eigenvalue weighted by molar-refractivity contribution is -0.131. The molecule has 5 heteroatoms. The van der Waals surface area contributed by atoms with Gasteiger partial charge in [-0.2, -0.15) is 0 Å². The molecule has 2 aromatic carbocycles. The van der Waals surface area contributed by atoms with E-state index in [4.69, 9.17) is 9.26 Å². The third-order valence-electron chi connectivity index (χ3n) is 5.56. The van der Waals surface area contributed by atoms with Crippen LogP contribution in [0, 0.1) is 0 Å². The van der Waals surface area contributed by atoms with E-state index in [9.17, 15) is 4.79 Å². The molecule has 1 amide bonds. The Bertz CT molecular complexity index is 1040. The van der Waals surface area contributed by atoms with Gasteiger partial charge in [0, 0.05) is 31.1 Å². The number of carbonyl (C=O) groups is 1. The van der Waals surface area contributed by atoms with Crippen LogP contribution in [0.3, 0.4) is 0 Å². The van der Waals surface area contributed by atoms with Crippen LogP contribution < -0.4 is 4.74 Å². The van der Waals surface area contributed by atoms with E-state index in [0.717, 1.165) is 30.7 Å². The number of aromatic nitrogens is 1. The molecular formula is C23H22N2O3. The molecule has 0 saturated heterocycles. The van der Waals surface area contributed by atoms with Crippen molar-refractivity contribution in [3.8, 4) is 17.1 Å². The molecule has 1 unspecified atom stereocenters. The Kier molecular flexibility index (Phi) is 4.15. The van der Waals surface area contributed by atoms with Crippen molar-refractivity contribution in [3.05, 3.63) is 70.9 Å². The van der Waals surface area contributed by atoms with E-state index in [1.54, 1.807) is 0 Å². The van der Waals surface area contributed by atoms with E-state index in [-0.39, 0.29) is 18.4 Å². The summed E-state index contributed by atoms with van der Waals surface area (Å²) in [6.07, 6.45) is 2.28. The molecule has 142 valence electrons. The second-order valence-electron chi connectivity index (χ2n) is 7.65.